The van der Waals surface area contributed by atoms with Gasteiger partial charge in [-0.2, -0.15) is 0 Å². The van der Waals surface area contributed by atoms with Crippen LogP contribution in [0.3, 0.4) is 0 Å². The van der Waals surface area contributed by atoms with Crippen LogP contribution in [0.4, 0.5) is 0 Å². The van der Waals surface area contributed by atoms with Gasteiger partial charge in [0.25, 0.3) is 0 Å². The predicted octanol–water partition coefficient (Wildman–Crippen LogP) is 1.35. The molecular weight excluding hydrogens is 206 g/mol. The maximum absolute atomic E-state index is 11.1. The molecule has 92 valence electrons. The molecule has 2 fully saturated rings. The van der Waals surface area contributed by atoms with Gasteiger partial charge in [0.1, 0.15) is 6.04 Å². The molecular formula is C12H21NO3. The fraction of sp³-hybridized carbons (Fsp3) is 0.917. The lowest BCUT2D eigenvalue weighted by molar-refractivity contribution is -0.150. The molecule has 0 amide bonds. The highest BCUT2D eigenvalue weighted by molar-refractivity contribution is 5.73. The van der Waals surface area contributed by atoms with Gasteiger partial charge in [-0.3, -0.25) is 9.69 Å². The van der Waals surface area contributed by atoms with Crippen molar-refractivity contribution in [1.29, 1.82) is 0 Å². The average Bonchev–Trinajstić information content (AvgIpc) is 2.65. The third-order valence-corrected chi connectivity index (χ3v) is 4.06. The lowest BCUT2D eigenvalue weighted by Crippen LogP contribution is -2.60. The van der Waals surface area contributed by atoms with Gasteiger partial charge >= 0.3 is 5.97 Å². The van der Waals surface area contributed by atoms with Crippen molar-refractivity contribution in [2.45, 2.75) is 38.1 Å². The number of carboxylic acids is 1. The zero-order valence-corrected chi connectivity index (χ0v) is 9.95. The summed E-state index contributed by atoms with van der Waals surface area (Å²) in [6, 6.07) is -0.342. The standard InChI is InChI=1S/C12H21NO3/c1-16-7-4-10(11(14)15)13-8-12(9-13)5-2-3-6-12/h10H,2-9H2,1H3,(H,14,15). The Hall–Kier alpha value is -0.610. The number of hydrogen-bond donors (Lipinski definition) is 1. The molecule has 0 aromatic rings. The third kappa shape index (κ3) is 2.23. The van der Waals surface area contributed by atoms with E-state index in [-0.39, 0.29) is 6.04 Å². The van der Waals surface area contributed by atoms with E-state index in [2.05, 4.69) is 4.90 Å². The summed E-state index contributed by atoms with van der Waals surface area (Å²) in [5.74, 6) is -0.704. The number of rotatable bonds is 5. The van der Waals surface area contributed by atoms with Crippen molar-refractivity contribution in [3.05, 3.63) is 0 Å². The Kier molecular flexibility index (Phi) is 3.50. The summed E-state index contributed by atoms with van der Waals surface area (Å²) < 4.78 is 4.97. The van der Waals surface area contributed by atoms with E-state index in [0.717, 1.165) is 13.1 Å². The number of methoxy groups -OCH3 is 1. The van der Waals surface area contributed by atoms with Gasteiger partial charge in [-0.1, -0.05) is 12.8 Å². The number of likely N-dealkylation sites (tertiary alicyclic amines) is 1. The first-order valence-corrected chi connectivity index (χ1v) is 6.13. The Morgan fingerprint density at radius 1 is 1.44 bits per heavy atom. The lowest BCUT2D eigenvalue weighted by atomic mass is 9.77. The second-order valence-corrected chi connectivity index (χ2v) is 5.25. The van der Waals surface area contributed by atoms with E-state index in [1.54, 1.807) is 7.11 Å². The molecule has 1 aliphatic carbocycles. The second-order valence-electron chi connectivity index (χ2n) is 5.25. The SMILES string of the molecule is COCCC(C(=O)O)N1CC2(CCCC2)C1. The second kappa shape index (κ2) is 4.72. The van der Waals surface area contributed by atoms with Crippen LogP contribution in [0.5, 0.6) is 0 Å². The molecule has 1 saturated carbocycles. The van der Waals surface area contributed by atoms with Gasteiger partial charge < -0.3 is 9.84 Å². The monoisotopic (exact) mass is 227 g/mol. The zero-order valence-electron chi connectivity index (χ0n) is 9.95. The van der Waals surface area contributed by atoms with E-state index >= 15 is 0 Å². The summed E-state index contributed by atoms with van der Waals surface area (Å²) in [6.45, 7) is 2.49. The summed E-state index contributed by atoms with van der Waals surface area (Å²) in [5.41, 5.74) is 0.473. The minimum atomic E-state index is -0.704. The summed E-state index contributed by atoms with van der Waals surface area (Å²) >= 11 is 0. The molecule has 2 rings (SSSR count). The first kappa shape index (κ1) is 11.9. The summed E-state index contributed by atoms with van der Waals surface area (Å²) in [5, 5.41) is 9.17. The topological polar surface area (TPSA) is 49.8 Å². The smallest absolute Gasteiger partial charge is 0.321 e. The van der Waals surface area contributed by atoms with Crippen LogP contribution in [0.25, 0.3) is 0 Å². The first-order chi connectivity index (χ1) is 7.67. The van der Waals surface area contributed by atoms with Crippen molar-refractivity contribution in [2.75, 3.05) is 26.8 Å². The molecule has 1 heterocycles. The normalized spacial score (nSPS) is 25.6. The summed E-state index contributed by atoms with van der Waals surface area (Å²) in [4.78, 5) is 13.2. The van der Waals surface area contributed by atoms with Crippen LogP contribution in [-0.4, -0.2) is 48.8 Å². The molecule has 1 saturated heterocycles. The van der Waals surface area contributed by atoms with Crippen molar-refractivity contribution in [3.8, 4) is 0 Å². The highest BCUT2D eigenvalue weighted by Crippen LogP contribution is 2.46. The van der Waals surface area contributed by atoms with Crippen LogP contribution in [0.15, 0.2) is 0 Å². The molecule has 2 aliphatic rings. The molecule has 4 heteroatoms. The molecule has 16 heavy (non-hydrogen) atoms. The molecule has 1 atom stereocenters. The minimum Gasteiger partial charge on any atom is -0.480 e. The van der Waals surface area contributed by atoms with Gasteiger partial charge in [-0.05, 0) is 24.7 Å². The Balaban J connectivity index is 1.84. The Morgan fingerprint density at radius 3 is 2.56 bits per heavy atom. The van der Waals surface area contributed by atoms with Crippen LogP contribution in [-0.2, 0) is 9.53 Å². The fourth-order valence-electron chi connectivity index (χ4n) is 3.17. The molecule has 1 spiro atoms. The van der Waals surface area contributed by atoms with Crippen molar-refractivity contribution >= 4 is 5.97 Å². The number of nitrogens with zero attached hydrogens (tertiary/aromatic N) is 1. The number of aliphatic carboxylic acids is 1. The van der Waals surface area contributed by atoms with Gasteiger partial charge in [-0.15, -0.1) is 0 Å². The highest BCUT2D eigenvalue weighted by atomic mass is 16.5. The number of carboxylic acid groups (broad SMARTS) is 1. The average molecular weight is 227 g/mol. The van der Waals surface area contributed by atoms with Crippen LogP contribution < -0.4 is 0 Å². The first-order valence-electron chi connectivity index (χ1n) is 6.13. The maximum atomic E-state index is 11.1. The van der Waals surface area contributed by atoms with E-state index < -0.39 is 5.97 Å². The van der Waals surface area contributed by atoms with E-state index in [1.165, 1.54) is 25.7 Å². The van der Waals surface area contributed by atoms with Crippen molar-refractivity contribution in [2.24, 2.45) is 5.41 Å². The molecule has 1 unspecified atom stereocenters. The van der Waals surface area contributed by atoms with Crippen LogP contribution >= 0.6 is 0 Å². The van der Waals surface area contributed by atoms with Gasteiger partial charge in [0, 0.05) is 26.8 Å². The minimum absolute atomic E-state index is 0.342. The van der Waals surface area contributed by atoms with Crippen LogP contribution in [0, 0.1) is 5.41 Å². The highest BCUT2D eigenvalue weighted by Gasteiger charge is 2.48. The quantitative estimate of drug-likeness (QED) is 0.770. The van der Waals surface area contributed by atoms with Gasteiger partial charge in [0.2, 0.25) is 0 Å². The van der Waals surface area contributed by atoms with Crippen LogP contribution in [0.1, 0.15) is 32.1 Å². The van der Waals surface area contributed by atoms with E-state index in [0.29, 0.717) is 18.4 Å². The Bertz CT molecular complexity index is 253. The Morgan fingerprint density at radius 2 is 2.06 bits per heavy atom. The van der Waals surface area contributed by atoms with Crippen LogP contribution in [0.2, 0.25) is 0 Å². The predicted molar refractivity (Wildman–Crippen MR) is 60.4 cm³/mol. The molecule has 0 aromatic heterocycles. The maximum Gasteiger partial charge on any atom is 0.321 e. The number of ether oxygens (including phenoxy) is 1. The van der Waals surface area contributed by atoms with Gasteiger partial charge in [0.05, 0.1) is 0 Å². The molecule has 0 aromatic carbocycles. The third-order valence-electron chi connectivity index (χ3n) is 4.06. The molecule has 4 nitrogen and oxygen atoms in total. The number of hydrogen-bond acceptors (Lipinski definition) is 3. The zero-order chi connectivity index (χ0) is 11.6. The Labute approximate surface area is 96.6 Å². The van der Waals surface area contributed by atoms with Crippen molar-refractivity contribution in [3.63, 3.8) is 0 Å². The van der Waals surface area contributed by atoms with Gasteiger partial charge in [-0.25, -0.2) is 0 Å². The van der Waals surface area contributed by atoms with E-state index in [9.17, 15) is 4.79 Å². The fourth-order valence-corrected chi connectivity index (χ4v) is 3.17. The molecule has 0 radical (unpaired) electrons. The van der Waals surface area contributed by atoms with E-state index in [4.69, 9.17) is 9.84 Å². The number of carbonyl (C=O) groups is 1. The molecule has 1 N–H and O–H groups in total. The molecule has 1 aliphatic heterocycles. The summed E-state index contributed by atoms with van der Waals surface area (Å²) in [7, 11) is 1.62. The van der Waals surface area contributed by atoms with Gasteiger partial charge in [0.15, 0.2) is 0 Å². The largest absolute Gasteiger partial charge is 0.480 e. The van der Waals surface area contributed by atoms with E-state index in [1.807, 2.05) is 0 Å². The van der Waals surface area contributed by atoms with Crippen molar-refractivity contribution < 1.29 is 14.6 Å². The van der Waals surface area contributed by atoms with Crippen molar-refractivity contribution in [1.82, 2.24) is 4.90 Å². The molecule has 0 bridgehead atoms. The lowest BCUT2D eigenvalue weighted by Gasteiger charge is -2.50. The summed E-state index contributed by atoms with van der Waals surface area (Å²) in [6.07, 6.45) is 5.83.